The first-order chi connectivity index (χ1) is 12.1. The van der Waals surface area contributed by atoms with Gasteiger partial charge in [-0.3, -0.25) is 4.98 Å². The molecule has 0 aliphatic rings. The number of fused-ring (bicyclic) bond motifs is 1. The second-order valence-corrected chi connectivity index (χ2v) is 5.88. The zero-order valence-corrected chi connectivity index (χ0v) is 14.7. The van der Waals surface area contributed by atoms with Crippen LogP contribution in [-0.4, -0.2) is 17.6 Å². The number of aryl methyl sites for hydroxylation is 1. The van der Waals surface area contributed by atoms with E-state index in [4.69, 9.17) is 16.3 Å². The van der Waals surface area contributed by atoms with Gasteiger partial charge in [-0.1, -0.05) is 41.6 Å². The van der Waals surface area contributed by atoms with Crippen LogP contribution in [0.4, 0.5) is 0 Å². The number of carbonyl (C=O) groups excluding carboxylic acids is 1. The van der Waals surface area contributed by atoms with Crippen LogP contribution in [0.1, 0.15) is 34.1 Å². The highest BCUT2D eigenvalue weighted by molar-refractivity contribution is 6.31. The summed E-state index contributed by atoms with van der Waals surface area (Å²) in [6.45, 7) is 3.85. The average Bonchev–Trinajstić information content (AvgIpc) is 2.61. The molecule has 0 radical (unpaired) electrons. The monoisotopic (exact) mass is 349 g/mol. The normalized spacial score (nSPS) is 10.2. The molecule has 3 nitrogen and oxygen atoms in total. The Hall–Kier alpha value is -2.83. The fourth-order valence-corrected chi connectivity index (χ4v) is 2.77. The Bertz CT molecular complexity index is 1000. The van der Waals surface area contributed by atoms with Gasteiger partial charge in [-0.05, 0) is 44.2 Å². The summed E-state index contributed by atoms with van der Waals surface area (Å²) in [5, 5.41) is 1.31. The third-order valence-electron chi connectivity index (χ3n) is 3.71. The lowest BCUT2D eigenvalue weighted by Gasteiger charge is -2.11. The van der Waals surface area contributed by atoms with Crippen LogP contribution in [0, 0.1) is 18.8 Å². The zero-order valence-electron chi connectivity index (χ0n) is 14.0. The van der Waals surface area contributed by atoms with E-state index in [1.54, 1.807) is 26.0 Å². The molecule has 0 saturated carbocycles. The van der Waals surface area contributed by atoms with E-state index >= 15 is 0 Å². The van der Waals surface area contributed by atoms with Gasteiger partial charge < -0.3 is 4.74 Å². The molecule has 0 fully saturated rings. The molecule has 0 aliphatic carbocycles. The summed E-state index contributed by atoms with van der Waals surface area (Å²) in [5.41, 5.74) is 3.17. The molecule has 124 valence electrons. The lowest BCUT2D eigenvalue weighted by molar-refractivity contribution is 0.0525. The molecule has 1 aromatic heterocycles. The summed E-state index contributed by atoms with van der Waals surface area (Å²) in [5.74, 6) is 5.81. The SMILES string of the molecule is CCOC(=O)c1c(C)nc2ccc(Cl)cc2c1C#Cc1ccccc1. The maximum Gasteiger partial charge on any atom is 0.341 e. The van der Waals surface area contributed by atoms with E-state index in [1.807, 2.05) is 36.4 Å². The minimum atomic E-state index is -0.424. The van der Waals surface area contributed by atoms with E-state index in [2.05, 4.69) is 16.8 Å². The Morgan fingerprint density at radius 1 is 1.16 bits per heavy atom. The van der Waals surface area contributed by atoms with Gasteiger partial charge in [0.15, 0.2) is 0 Å². The molecule has 1 heterocycles. The van der Waals surface area contributed by atoms with Crippen LogP contribution in [0.15, 0.2) is 48.5 Å². The highest BCUT2D eigenvalue weighted by Crippen LogP contribution is 2.26. The standard InChI is InChI=1S/C21H16ClNO2/c1-3-25-21(24)20-14(2)23-19-12-10-16(22)13-18(19)17(20)11-9-15-7-5-4-6-8-15/h4-8,10,12-13H,3H2,1-2H3. The van der Waals surface area contributed by atoms with Gasteiger partial charge in [0.2, 0.25) is 0 Å². The molecule has 0 amide bonds. The summed E-state index contributed by atoms with van der Waals surface area (Å²) < 4.78 is 5.20. The van der Waals surface area contributed by atoms with E-state index in [9.17, 15) is 4.79 Å². The summed E-state index contributed by atoms with van der Waals surface area (Å²) >= 11 is 6.15. The third-order valence-corrected chi connectivity index (χ3v) is 3.95. The predicted molar refractivity (Wildman–Crippen MR) is 99.9 cm³/mol. The van der Waals surface area contributed by atoms with Crippen LogP contribution < -0.4 is 0 Å². The Balaban J connectivity index is 2.28. The molecule has 25 heavy (non-hydrogen) atoms. The first-order valence-electron chi connectivity index (χ1n) is 7.94. The van der Waals surface area contributed by atoms with Crippen LogP contribution >= 0.6 is 11.6 Å². The number of hydrogen-bond donors (Lipinski definition) is 0. The van der Waals surface area contributed by atoms with Crippen molar-refractivity contribution in [3.63, 3.8) is 0 Å². The first kappa shape index (κ1) is 17.0. The van der Waals surface area contributed by atoms with Crippen LogP contribution in [0.2, 0.25) is 5.02 Å². The minimum absolute atomic E-state index is 0.289. The largest absolute Gasteiger partial charge is 0.462 e. The van der Waals surface area contributed by atoms with Crippen molar-refractivity contribution in [2.24, 2.45) is 0 Å². The van der Waals surface area contributed by atoms with Crippen LogP contribution in [-0.2, 0) is 4.74 Å². The number of esters is 1. The maximum absolute atomic E-state index is 12.5. The quantitative estimate of drug-likeness (QED) is 0.494. The van der Waals surface area contributed by atoms with Crippen molar-refractivity contribution in [2.75, 3.05) is 6.61 Å². The first-order valence-corrected chi connectivity index (χ1v) is 8.32. The molecule has 0 atom stereocenters. The molecule has 0 unspecified atom stereocenters. The molecular weight excluding hydrogens is 334 g/mol. The van der Waals surface area contributed by atoms with Crippen LogP contribution in [0.3, 0.4) is 0 Å². The molecule has 0 saturated heterocycles. The smallest absolute Gasteiger partial charge is 0.341 e. The van der Waals surface area contributed by atoms with Crippen molar-refractivity contribution >= 4 is 28.5 Å². The lowest BCUT2D eigenvalue weighted by Crippen LogP contribution is -2.11. The molecule has 0 aliphatic heterocycles. The fourth-order valence-electron chi connectivity index (χ4n) is 2.60. The van der Waals surface area contributed by atoms with Gasteiger partial charge in [-0.15, -0.1) is 0 Å². The number of carbonyl (C=O) groups is 1. The molecule has 0 bridgehead atoms. The topological polar surface area (TPSA) is 39.2 Å². The number of hydrogen-bond acceptors (Lipinski definition) is 3. The zero-order chi connectivity index (χ0) is 17.8. The van der Waals surface area contributed by atoms with Crippen LogP contribution in [0.25, 0.3) is 10.9 Å². The number of rotatable bonds is 2. The Labute approximate surface area is 151 Å². The van der Waals surface area contributed by atoms with Crippen molar-refractivity contribution in [2.45, 2.75) is 13.8 Å². The molecular formula is C21H16ClNO2. The number of ether oxygens (including phenoxy) is 1. The van der Waals surface area contributed by atoms with E-state index < -0.39 is 5.97 Å². The number of nitrogens with zero attached hydrogens (tertiary/aromatic N) is 1. The maximum atomic E-state index is 12.5. The van der Waals surface area contributed by atoms with Crippen molar-refractivity contribution in [3.05, 3.63) is 75.9 Å². The van der Waals surface area contributed by atoms with Crippen molar-refractivity contribution < 1.29 is 9.53 Å². The van der Waals surface area contributed by atoms with Gasteiger partial charge in [0, 0.05) is 16.0 Å². The fraction of sp³-hybridized carbons (Fsp3) is 0.143. The minimum Gasteiger partial charge on any atom is -0.462 e. The molecule has 0 N–H and O–H groups in total. The van der Waals surface area contributed by atoms with Gasteiger partial charge in [-0.25, -0.2) is 4.79 Å². The third kappa shape index (κ3) is 3.65. The highest BCUT2D eigenvalue weighted by atomic mass is 35.5. The number of pyridine rings is 1. The van der Waals surface area contributed by atoms with E-state index in [0.717, 1.165) is 16.5 Å². The molecule has 3 rings (SSSR count). The summed E-state index contributed by atoms with van der Waals surface area (Å²) in [6.07, 6.45) is 0. The number of aromatic nitrogens is 1. The number of halogens is 1. The van der Waals surface area contributed by atoms with E-state index in [-0.39, 0.29) is 6.61 Å². The van der Waals surface area contributed by atoms with Crippen LogP contribution in [0.5, 0.6) is 0 Å². The average molecular weight is 350 g/mol. The predicted octanol–water partition coefficient (Wildman–Crippen LogP) is 4.77. The van der Waals surface area contributed by atoms with Crippen molar-refractivity contribution in [1.29, 1.82) is 0 Å². The van der Waals surface area contributed by atoms with Crippen molar-refractivity contribution in [3.8, 4) is 11.8 Å². The second kappa shape index (κ2) is 7.38. The van der Waals surface area contributed by atoms with Gasteiger partial charge in [-0.2, -0.15) is 0 Å². The highest BCUT2D eigenvalue weighted by Gasteiger charge is 2.19. The molecule has 2 aromatic carbocycles. The molecule has 4 heteroatoms. The van der Waals surface area contributed by atoms with Gasteiger partial charge in [0.1, 0.15) is 0 Å². The summed E-state index contributed by atoms with van der Waals surface area (Å²) in [6, 6.07) is 15.0. The van der Waals surface area contributed by atoms with Gasteiger partial charge in [0.05, 0.1) is 28.9 Å². The Morgan fingerprint density at radius 2 is 1.92 bits per heavy atom. The Morgan fingerprint density at radius 3 is 2.64 bits per heavy atom. The van der Waals surface area contributed by atoms with Gasteiger partial charge >= 0.3 is 5.97 Å². The lowest BCUT2D eigenvalue weighted by atomic mass is 10.0. The molecule has 3 aromatic rings. The van der Waals surface area contributed by atoms with Crippen molar-refractivity contribution in [1.82, 2.24) is 4.98 Å². The molecule has 0 spiro atoms. The summed E-state index contributed by atoms with van der Waals surface area (Å²) in [4.78, 5) is 17.0. The second-order valence-electron chi connectivity index (χ2n) is 5.45. The van der Waals surface area contributed by atoms with Gasteiger partial charge in [0.25, 0.3) is 0 Å². The summed E-state index contributed by atoms with van der Waals surface area (Å²) in [7, 11) is 0. The van der Waals surface area contributed by atoms with E-state index in [1.165, 1.54) is 0 Å². The Kier molecular flexibility index (Phi) is 5.02. The van der Waals surface area contributed by atoms with E-state index in [0.29, 0.717) is 21.8 Å². The number of benzene rings is 2.